The fourth-order valence-corrected chi connectivity index (χ4v) is 4.50. The first kappa shape index (κ1) is 12.2. The number of aryl methyl sites for hydroxylation is 2. The largest absolute Gasteiger partial charge is 0.382 e. The molecule has 3 aliphatic rings. The van der Waals surface area contributed by atoms with E-state index in [1.54, 1.807) is 11.8 Å². The fourth-order valence-electron chi connectivity index (χ4n) is 2.28. The van der Waals surface area contributed by atoms with Gasteiger partial charge in [-0.2, -0.15) is 0 Å². The summed E-state index contributed by atoms with van der Waals surface area (Å²) in [4.78, 5) is 11.9. The molecule has 2 heterocycles. The fraction of sp³-hybridized carbons (Fsp3) is 0.538. The molecule has 0 radical (unpaired) electrons. The van der Waals surface area contributed by atoms with Crippen LogP contribution in [0.25, 0.3) is 10.6 Å². The van der Waals surface area contributed by atoms with Gasteiger partial charge in [-0.1, -0.05) is 6.92 Å². The Morgan fingerprint density at radius 2 is 2.11 bits per heavy atom. The van der Waals surface area contributed by atoms with E-state index in [9.17, 15) is 0 Å². The Kier molecular flexibility index (Phi) is 3.43. The highest BCUT2D eigenvalue weighted by atomic mass is 32.2. The molecule has 18 heavy (non-hydrogen) atoms. The second-order valence-electron chi connectivity index (χ2n) is 4.62. The van der Waals surface area contributed by atoms with Gasteiger partial charge in [0.1, 0.15) is 10.7 Å². The highest BCUT2D eigenvalue weighted by molar-refractivity contribution is 7.99. The van der Waals surface area contributed by atoms with Crippen LogP contribution in [0.15, 0.2) is 5.03 Å². The van der Waals surface area contributed by atoms with E-state index >= 15 is 0 Å². The van der Waals surface area contributed by atoms with Crippen molar-refractivity contribution in [2.45, 2.75) is 44.1 Å². The number of nitrogens with zero attached hydrogens (tertiary/aromatic N) is 2. The quantitative estimate of drug-likeness (QED) is 0.872. The predicted molar refractivity (Wildman–Crippen MR) is 78.6 cm³/mol. The summed E-state index contributed by atoms with van der Waals surface area (Å²) in [5.74, 6) is 1.70. The molecule has 0 unspecified atom stereocenters. The average molecular weight is 279 g/mol. The average Bonchev–Trinajstić information content (AvgIpc) is 2.70. The van der Waals surface area contributed by atoms with Crippen molar-refractivity contribution in [3.63, 3.8) is 0 Å². The molecule has 1 aliphatic carbocycles. The van der Waals surface area contributed by atoms with Crippen molar-refractivity contribution in [1.29, 1.82) is 0 Å². The van der Waals surface area contributed by atoms with E-state index in [1.807, 2.05) is 11.3 Å². The zero-order chi connectivity index (χ0) is 12.5. The van der Waals surface area contributed by atoms with Gasteiger partial charge < -0.3 is 5.73 Å². The van der Waals surface area contributed by atoms with E-state index < -0.39 is 0 Å². The van der Waals surface area contributed by atoms with Gasteiger partial charge in [-0.15, -0.1) is 23.1 Å². The van der Waals surface area contributed by atoms with Crippen LogP contribution >= 0.6 is 23.1 Å². The number of hydrogen-bond acceptors (Lipinski definition) is 5. The molecule has 0 bridgehead atoms. The molecule has 96 valence electrons. The zero-order valence-corrected chi connectivity index (χ0v) is 12.2. The number of nitrogen functional groups attached to an aromatic ring is 1. The Morgan fingerprint density at radius 1 is 1.28 bits per heavy atom. The first-order valence-corrected chi connectivity index (χ1v) is 8.30. The van der Waals surface area contributed by atoms with Gasteiger partial charge in [-0.3, -0.25) is 0 Å². The number of aromatic nitrogens is 2. The third kappa shape index (κ3) is 2.10. The lowest BCUT2D eigenvalue weighted by molar-refractivity contribution is 0.679. The Hall–Kier alpha value is -0.810. The number of nitrogens with two attached hydrogens (primary N) is 1. The molecule has 3 rings (SSSR count). The van der Waals surface area contributed by atoms with E-state index in [-0.39, 0.29) is 0 Å². The molecule has 2 aliphatic heterocycles. The van der Waals surface area contributed by atoms with Crippen molar-refractivity contribution in [2.24, 2.45) is 0 Å². The summed E-state index contributed by atoms with van der Waals surface area (Å²) in [7, 11) is 0. The minimum Gasteiger partial charge on any atom is -0.382 e. The van der Waals surface area contributed by atoms with Crippen molar-refractivity contribution in [2.75, 3.05) is 11.5 Å². The standard InChI is InChI=1S/C13H17N3S2/c1-2-7-17-13-11-10(12(14)16-13)15-8-5-3-4-6-9(8)18-11/h2-7H2,1H3,(H2,14,16). The molecule has 2 N–H and O–H groups in total. The topological polar surface area (TPSA) is 51.8 Å². The van der Waals surface area contributed by atoms with Crippen molar-refractivity contribution in [1.82, 2.24) is 9.97 Å². The lowest BCUT2D eigenvalue weighted by Crippen LogP contribution is -2.05. The molecular weight excluding hydrogens is 262 g/mol. The minimum absolute atomic E-state index is 0.605. The van der Waals surface area contributed by atoms with Crippen molar-refractivity contribution >= 4 is 28.9 Å². The van der Waals surface area contributed by atoms with E-state index in [1.165, 1.54) is 34.7 Å². The van der Waals surface area contributed by atoms with Gasteiger partial charge in [0.15, 0.2) is 5.82 Å². The Balaban J connectivity index is 2.06. The van der Waals surface area contributed by atoms with E-state index in [0.717, 1.165) is 29.3 Å². The molecule has 0 spiro atoms. The van der Waals surface area contributed by atoms with Crippen molar-refractivity contribution in [3.8, 4) is 10.6 Å². The molecule has 0 aromatic rings. The smallest absolute Gasteiger partial charge is 0.152 e. The number of thioether (sulfide) groups is 1. The maximum Gasteiger partial charge on any atom is 0.152 e. The van der Waals surface area contributed by atoms with Gasteiger partial charge in [0.25, 0.3) is 0 Å². The van der Waals surface area contributed by atoms with E-state index in [4.69, 9.17) is 10.7 Å². The second-order valence-corrected chi connectivity index (χ2v) is 6.81. The third-order valence-corrected chi connectivity index (χ3v) is 5.77. The molecule has 0 fully saturated rings. The van der Waals surface area contributed by atoms with Crippen LogP contribution in [0.5, 0.6) is 0 Å². The number of hydrogen-bond donors (Lipinski definition) is 1. The van der Waals surface area contributed by atoms with Gasteiger partial charge >= 0.3 is 0 Å². The number of fused-ring (bicyclic) bond motifs is 2. The van der Waals surface area contributed by atoms with Crippen LogP contribution in [-0.4, -0.2) is 15.7 Å². The molecule has 0 saturated heterocycles. The van der Waals surface area contributed by atoms with Gasteiger partial charge in [0.05, 0.1) is 10.6 Å². The molecule has 0 aromatic heterocycles. The first-order chi connectivity index (χ1) is 8.79. The van der Waals surface area contributed by atoms with Crippen LogP contribution < -0.4 is 5.73 Å². The summed E-state index contributed by atoms with van der Waals surface area (Å²) >= 11 is 3.66. The zero-order valence-electron chi connectivity index (χ0n) is 10.5. The summed E-state index contributed by atoms with van der Waals surface area (Å²) in [6, 6.07) is 0. The third-order valence-electron chi connectivity index (χ3n) is 3.18. The monoisotopic (exact) mass is 279 g/mol. The maximum atomic E-state index is 6.00. The maximum absolute atomic E-state index is 6.00. The SMILES string of the molecule is CCCSc1nc(N)c2nc3c(sc1-2)CCCC3. The van der Waals surface area contributed by atoms with Gasteiger partial charge in [-0.05, 0) is 37.9 Å². The predicted octanol–water partition coefficient (Wildman–Crippen LogP) is 3.61. The van der Waals surface area contributed by atoms with Crippen molar-refractivity contribution in [3.05, 3.63) is 10.6 Å². The molecule has 0 amide bonds. The Bertz CT molecular complexity index is 536. The normalized spacial score (nSPS) is 14.9. The highest BCUT2D eigenvalue weighted by Crippen LogP contribution is 2.42. The summed E-state index contributed by atoms with van der Waals surface area (Å²) < 4.78 is 0. The summed E-state index contributed by atoms with van der Waals surface area (Å²) in [5.41, 5.74) is 8.19. The van der Waals surface area contributed by atoms with Crippen LogP contribution in [0.1, 0.15) is 36.8 Å². The van der Waals surface area contributed by atoms with Crippen LogP contribution in [0.4, 0.5) is 5.82 Å². The summed E-state index contributed by atoms with van der Waals surface area (Å²) in [6.07, 6.45) is 5.97. The van der Waals surface area contributed by atoms with Crippen LogP contribution in [0, 0.1) is 0 Å². The van der Waals surface area contributed by atoms with Gasteiger partial charge in [0.2, 0.25) is 0 Å². The molecule has 0 aromatic carbocycles. The lowest BCUT2D eigenvalue weighted by atomic mass is 10.0. The minimum atomic E-state index is 0.605. The molecule has 0 atom stereocenters. The van der Waals surface area contributed by atoms with Crippen molar-refractivity contribution < 1.29 is 0 Å². The Morgan fingerprint density at radius 3 is 2.94 bits per heavy atom. The molecule has 3 nitrogen and oxygen atoms in total. The number of anilines is 1. The van der Waals surface area contributed by atoms with Gasteiger partial charge in [-0.25, -0.2) is 9.97 Å². The first-order valence-electron chi connectivity index (χ1n) is 6.50. The Labute approximate surface area is 116 Å². The highest BCUT2D eigenvalue weighted by Gasteiger charge is 2.23. The van der Waals surface area contributed by atoms with E-state index in [0.29, 0.717) is 5.82 Å². The second kappa shape index (κ2) is 5.05. The molecule has 5 heteroatoms. The summed E-state index contributed by atoms with van der Waals surface area (Å²) in [6.45, 7) is 2.19. The molecule has 0 saturated carbocycles. The lowest BCUT2D eigenvalue weighted by Gasteiger charge is -2.15. The van der Waals surface area contributed by atoms with Crippen LogP contribution in [-0.2, 0) is 12.8 Å². The van der Waals surface area contributed by atoms with Crippen LogP contribution in [0.3, 0.4) is 0 Å². The molecular formula is C13H17N3S2. The summed E-state index contributed by atoms with van der Waals surface area (Å²) in [5, 5.41) is 1.08. The van der Waals surface area contributed by atoms with Gasteiger partial charge in [0, 0.05) is 4.88 Å². The number of rotatable bonds is 3. The van der Waals surface area contributed by atoms with E-state index in [2.05, 4.69) is 11.9 Å². The van der Waals surface area contributed by atoms with Crippen LogP contribution in [0.2, 0.25) is 0 Å².